The molecule has 0 aromatic carbocycles. The van der Waals surface area contributed by atoms with Gasteiger partial charge in [-0.25, -0.2) is 0 Å². The average molecular weight is 312 g/mol. The third-order valence-electron chi connectivity index (χ3n) is 2.73. The second kappa shape index (κ2) is 5.28. The van der Waals surface area contributed by atoms with E-state index >= 15 is 0 Å². The van der Waals surface area contributed by atoms with Crippen molar-refractivity contribution >= 4 is 15.9 Å². The summed E-state index contributed by atoms with van der Waals surface area (Å²) in [5, 5.41) is 0. The minimum Gasteiger partial charge on any atom is -0.256 e. The quantitative estimate of drug-likeness (QED) is 0.719. The molecule has 0 aliphatic rings. The highest BCUT2D eigenvalue weighted by Gasteiger charge is 2.12. The van der Waals surface area contributed by atoms with Gasteiger partial charge in [0, 0.05) is 28.6 Å². The molecule has 0 atom stereocenters. The first kappa shape index (κ1) is 12.0. The topological polar surface area (TPSA) is 38.7 Å². The molecule has 3 aromatic heterocycles. The van der Waals surface area contributed by atoms with Gasteiger partial charge in [0.05, 0.1) is 11.4 Å². The van der Waals surface area contributed by atoms with E-state index in [2.05, 4.69) is 30.9 Å². The Morgan fingerprint density at radius 2 is 1.42 bits per heavy atom. The highest BCUT2D eigenvalue weighted by Crippen LogP contribution is 2.31. The van der Waals surface area contributed by atoms with Gasteiger partial charge < -0.3 is 0 Å². The molecule has 0 radical (unpaired) electrons. The van der Waals surface area contributed by atoms with Gasteiger partial charge in [0.2, 0.25) is 0 Å². The Kier molecular flexibility index (Phi) is 3.33. The minimum absolute atomic E-state index is 0.823. The molecular formula is C15H10BrN3. The molecule has 0 saturated carbocycles. The predicted octanol–water partition coefficient (Wildman–Crippen LogP) is 3.97. The van der Waals surface area contributed by atoms with Crippen LogP contribution in [0.1, 0.15) is 0 Å². The molecule has 0 aliphatic heterocycles. The highest BCUT2D eigenvalue weighted by atomic mass is 79.9. The summed E-state index contributed by atoms with van der Waals surface area (Å²) in [6, 6.07) is 13.6. The maximum Gasteiger partial charge on any atom is 0.103 e. The first-order chi connectivity index (χ1) is 9.36. The fourth-order valence-electron chi connectivity index (χ4n) is 1.88. The number of nitrogens with zero attached hydrogens (tertiary/aromatic N) is 3. The van der Waals surface area contributed by atoms with Crippen molar-refractivity contribution in [2.75, 3.05) is 0 Å². The molecule has 0 unspecified atom stereocenters. The summed E-state index contributed by atoms with van der Waals surface area (Å²) in [5.41, 5.74) is 3.52. The normalized spacial score (nSPS) is 10.4. The SMILES string of the molecule is Brc1cccnc1-c1ncccc1-c1ccccn1. The van der Waals surface area contributed by atoms with E-state index in [4.69, 9.17) is 0 Å². The van der Waals surface area contributed by atoms with Gasteiger partial charge in [0.15, 0.2) is 0 Å². The summed E-state index contributed by atoms with van der Waals surface area (Å²) in [5.74, 6) is 0. The Labute approximate surface area is 119 Å². The van der Waals surface area contributed by atoms with Gasteiger partial charge >= 0.3 is 0 Å². The summed E-state index contributed by atoms with van der Waals surface area (Å²) in [4.78, 5) is 13.2. The van der Waals surface area contributed by atoms with E-state index in [1.165, 1.54) is 0 Å². The van der Waals surface area contributed by atoms with Crippen LogP contribution in [0.15, 0.2) is 65.5 Å². The lowest BCUT2D eigenvalue weighted by atomic mass is 10.1. The number of halogens is 1. The molecule has 0 saturated heterocycles. The van der Waals surface area contributed by atoms with Crippen molar-refractivity contribution in [3.63, 3.8) is 0 Å². The van der Waals surface area contributed by atoms with Gasteiger partial charge in [-0.3, -0.25) is 15.0 Å². The van der Waals surface area contributed by atoms with Crippen molar-refractivity contribution in [2.45, 2.75) is 0 Å². The van der Waals surface area contributed by atoms with Gasteiger partial charge in [-0.1, -0.05) is 6.07 Å². The van der Waals surface area contributed by atoms with Crippen molar-refractivity contribution in [2.24, 2.45) is 0 Å². The van der Waals surface area contributed by atoms with E-state index in [1.807, 2.05) is 42.5 Å². The van der Waals surface area contributed by atoms with Crippen molar-refractivity contribution in [1.29, 1.82) is 0 Å². The lowest BCUT2D eigenvalue weighted by Crippen LogP contribution is -1.93. The summed E-state index contributed by atoms with van der Waals surface area (Å²) in [6.07, 6.45) is 5.31. The van der Waals surface area contributed by atoms with E-state index in [1.54, 1.807) is 18.6 Å². The minimum atomic E-state index is 0.823. The number of hydrogen-bond acceptors (Lipinski definition) is 3. The molecule has 92 valence electrons. The van der Waals surface area contributed by atoms with Gasteiger partial charge in [-0.2, -0.15) is 0 Å². The Morgan fingerprint density at radius 1 is 0.684 bits per heavy atom. The van der Waals surface area contributed by atoms with Gasteiger partial charge in [-0.15, -0.1) is 0 Å². The molecule has 0 spiro atoms. The fraction of sp³-hybridized carbons (Fsp3) is 0. The highest BCUT2D eigenvalue weighted by molar-refractivity contribution is 9.10. The van der Waals surface area contributed by atoms with Crippen LogP contribution in [-0.2, 0) is 0 Å². The molecule has 0 bridgehead atoms. The summed E-state index contributed by atoms with van der Waals surface area (Å²) in [6.45, 7) is 0. The van der Waals surface area contributed by atoms with Crippen LogP contribution in [0.3, 0.4) is 0 Å². The van der Waals surface area contributed by atoms with E-state index in [-0.39, 0.29) is 0 Å². The second-order valence-corrected chi connectivity index (χ2v) is 4.80. The second-order valence-electron chi connectivity index (χ2n) is 3.95. The summed E-state index contributed by atoms with van der Waals surface area (Å²) in [7, 11) is 0. The van der Waals surface area contributed by atoms with Gasteiger partial charge in [0.1, 0.15) is 5.69 Å². The Balaban J connectivity index is 2.21. The maximum absolute atomic E-state index is 4.45. The molecule has 0 aliphatic carbocycles. The third kappa shape index (κ3) is 2.39. The standard InChI is InChI=1S/C15H10BrN3/c16-12-6-4-10-19-15(12)14-11(5-3-9-18-14)13-7-1-2-8-17-13/h1-10H. The summed E-state index contributed by atoms with van der Waals surface area (Å²) < 4.78 is 0.922. The van der Waals surface area contributed by atoms with Crippen LogP contribution < -0.4 is 0 Å². The molecule has 3 rings (SSSR count). The first-order valence-electron chi connectivity index (χ1n) is 5.83. The van der Waals surface area contributed by atoms with Crippen LogP contribution in [0.25, 0.3) is 22.6 Å². The zero-order valence-corrected chi connectivity index (χ0v) is 11.6. The number of rotatable bonds is 2. The van der Waals surface area contributed by atoms with Crippen LogP contribution in [0.2, 0.25) is 0 Å². The van der Waals surface area contributed by atoms with Gasteiger partial charge in [0.25, 0.3) is 0 Å². The lowest BCUT2D eigenvalue weighted by Gasteiger charge is -2.08. The number of aromatic nitrogens is 3. The largest absolute Gasteiger partial charge is 0.256 e. The molecule has 4 heteroatoms. The van der Waals surface area contributed by atoms with E-state index < -0.39 is 0 Å². The van der Waals surface area contributed by atoms with Crippen molar-refractivity contribution in [3.8, 4) is 22.6 Å². The van der Waals surface area contributed by atoms with E-state index in [0.29, 0.717) is 0 Å². The Morgan fingerprint density at radius 3 is 2.16 bits per heavy atom. The molecule has 3 aromatic rings. The molecule has 3 heterocycles. The first-order valence-corrected chi connectivity index (χ1v) is 6.63. The molecule has 19 heavy (non-hydrogen) atoms. The molecular weight excluding hydrogens is 302 g/mol. The zero-order chi connectivity index (χ0) is 13.1. The summed E-state index contributed by atoms with van der Waals surface area (Å²) >= 11 is 3.52. The maximum atomic E-state index is 4.45. The van der Waals surface area contributed by atoms with Crippen LogP contribution in [0, 0.1) is 0 Å². The van der Waals surface area contributed by atoms with Crippen LogP contribution in [-0.4, -0.2) is 15.0 Å². The smallest absolute Gasteiger partial charge is 0.103 e. The van der Waals surface area contributed by atoms with Crippen LogP contribution in [0.5, 0.6) is 0 Å². The van der Waals surface area contributed by atoms with E-state index in [9.17, 15) is 0 Å². The zero-order valence-electron chi connectivity index (χ0n) is 9.99. The fourth-order valence-corrected chi connectivity index (χ4v) is 2.33. The van der Waals surface area contributed by atoms with Crippen molar-refractivity contribution in [3.05, 3.63) is 65.5 Å². The van der Waals surface area contributed by atoms with Crippen molar-refractivity contribution in [1.82, 2.24) is 15.0 Å². The Bertz CT molecular complexity index is 699. The lowest BCUT2D eigenvalue weighted by molar-refractivity contribution is 1.22. The molecule has 0 amide bonds. The van der Waals surface area contributed by atoms with Crippen LogP contribution >= 0.6 is 15.9 Å². The number of hydrogen-bond donors (Lipinski definition) is 0. The predicted molar refractivity (Wildman–Crippen MR) is 78.4 cm³/mol. The van der Waals surface area contributed by atoms with Crippen LogP contribution in [0.4, 0.5) is 0 Å². The molecule has 3 nitrogen and oxygen atoms in total. The van der Waals surface area contributed by atoms with Crippen molar-refractivity contribution < 1.29 is 0 Å². The number of pyridine rings is 3. The van der Waals surface area contributed by atoms with E-state index in [0.717, 1.165) is 27.1 Å². The molecule has 0 fully saturated rings. The van der Waals surface area contributed by atoms with Gasteiger partial charge in [-0.05, 0) is 52.3 Å². The third-order valence-corrected chi connectivity index (χ3v) is 3.37. The average Bonchev–Trinajstić information content (AvgIpc) is 2.49. The molecule has 0 N–H and O–H groups in total. The monoisotopic (exact) mass is 311 g/mol. The Hall–Kier alpha value is -2.07.